The molecule has 2 aliphatic rings. The highest BCUT2D eigenvalue weighted by Gasteiger charge is 2.28. The van der Waals surface area contributed by atoms with Crippen LogP contribution in [0, 0.1) is 17.8 Å². The van der Waals surface area contributed by atoms with Gasteiger partial charge in [0.1, 0.15) is 0 Å². The zero-order chi connectivity index (χ0) is 11.9. The zero-order valence-corrected chi connectivity index (χ0v) is 11.7. The fourth-order valence-corrected chi connectivity index (χ4v) is 4.00. The molecule has 0 aromatic carbocycles. The molecule has 0 spiro atoms. The minimum absolute atomic E-state index is 0.996. The van der Waals surface area contributed by atoms with Crippen molar-refractivity contribution in [1.29, 1.82) is 0 Å². The Bertz CT molecular complexity index is 196. The van der Waals surface area contributed by atoms with E-state index in [4.69, 9.17) is 0 Å². The van der Waals surface area contributed by atoms with Crippen LogP contribution >= 0.6 is 0 Å². The van der Waals surface area contributed by atoms with E-state index >= 15 is 0 Å². The third kappa shape index (κ3) is 4.28. The van der Waals surface area contributed by atoms with Gasteiger partial charge in [0.05, 0.1) is 0 Å². The summed E-state index contributed by atoms with van der Waals surface area (Å²) in [5.41, 5.74) is 0. The Hall–Kier alpha value is -0.0400. The summed E-state index contributed by atoms with van der Waals surface area (Å²) in [5, 5.41) is 3.66. The monoisotopic (exact) mass is 237 g/mol. The van der Waals surface area contributed by atoms with Crippen molar-refractivity contribution in [3.05, 3.63) is 0 Å². The molecular weight excluding hydrogens is 206 g/mol. The average Bonchev–Trinajstić information content (AvgIpc) is 2.84. The van der Waals surface area contributed by atoms with E-state index in [1.807, 2.05) is 0 Å². The molecule has 2 atom stereocenters. The molecule has 2 unspecified atom stereocenters. The lowest BCUT2D eigenvalue weighted by atomic mass is 9.74. The van der Waals surface area contributed by atoms with Gasteiger partial charge in [-0.25, -0.2) is 0 Å². The molecule has 0 bridgehead atoms. The maximum atomic E-state index is 3.66. The molecule has 1 nitrogen and oxygen atoms in total. The molecular formula is C16H31N. The Balaban J connectivity index is 1.74. The van der Waals surface area contributed by atoms with Gasteiger partial charge in [-0.2, -0.15) is 0 Å². The minimum atomic E-state index is 0.996. The number of nitrogens with one attached hydrogen (secondary N) is 1. The van der Waals surface area contributed by atoms with Gasteiger partial charge in [-0.1, -0.05) is 51.9 Å². The highest BCUT2D eigenvalue weighted by atomic mass is 14.9. The Labute approximate surface area is 108 Å². The van der Waals surface area contributed by atoms with E-state index < -0.39 is 0 Å². The highest BCUT2D eigenvalue weighted by molar-refractivity contribution is 4.81. The second-order valence-electron chi connectivity index (χ2n) is 6.39. The van der Waals surface area contributed by atoms with Crippen molar-refractivity contribution in [2.45, 2.75) is 71.1 Å². The van der Waals surface area contributed by atoms with E-state index in [1.165, 1.54) is 70.9 Å². The molecule has 2 fully saturated rings. The summed E-state index contributed by atoms with van der Waals surface area (Å²) in [6.45, 7) is 4.78. The van der Waals surface area contributed by atoms with Gasteiger partial charge in [-0.3, -0.25) is 0 Å². The SMILES string of the molecule is CCCNCC1CCCCC1CC1CCCC1. The van der Waals surface area contributed by atoms with Crippen LogP contribution in [-0.4, -0.2) is 13.1 Å². The van der Waals surface area contributed by atoms with Crippen LogP contribution in [0.15, 0.2) is 0 Å². The standard InChI is InChI=1S/C16H31N/c1-2-11-17-13-16-10-6-5-9-15(16)12-14-7-3-4-8-14/h14-17H,2-13H2,1H3. The molecule has 0 radical (unpaired) electrons. The molecule has 0 aromatic heterocycles. The van der Waals surface area contributed by atoms with Crippen LogP contribution in [0.1, 0.15) is 71.1 Å². The first-order valence-electron chi connectivity index (χ1n) is 8.11. The normalized spacial score (nSPS) is 30.9. The van der Waals surface area contributed by atoms with Gasteiger partial charge >= 0.3 is 0 Å². The molecule has 0 amide bonds. The topological polar surface area (TPSA) is 12.0 Å². The van der Waals surface area contributed by atoms with Crippen molar-refractivity contribution in [1.82, 2.24) is 5.32 Å². The van der Waals surface area contributed by atoms with Gasteiger partial charge in [0.25, 0.3) is 0 Å². The van der Waals surface area contributed by atoms with Gasteiger partial charge in [-0.05, 0) is 50.1 Å². The fourth-order valence-electron chi connectivity index (χ4n) is 4.00. The summed E-state index contributed by atoms with van der Waals surface area (Å²) in [7, 11) is 0. The molecule has 1 heteroatoms. The molecule has 2 rings (SSSR count). The number of hydrogen-bond acceptors (Lipinski definition) is 1. The number of hydrogen-bond donors (Lipinski definition) is 1. The van der Waals surface area contributed by atoms with Crippen LogP contribution in [0.25, 0.3) is 0 Å². The predicted octanol–water partition coefficient (Wildman–Crippen LogP) is 4.37. The lowest BCUT2D eigenvalue weighted by molar-refractivity contribution is 0.192. The van der Waals surface area contributed by atoms with Gasteiger partial charge in [0.2, 0.25) is 0 Å². The maximum Gasteiger partial charge on any atom is -0.00179 e. The molecule has 100 valence electrons. The third-order valence-corrected chi connectivity index (χ3v) is 5.01. The molecule has 0 aromatic rings. The van der Waals surface area contributed by atoms with E-state index in [-0.39, 0.29) is 0 Å². The number of rotatable bonds is 6. The van der Waals surface area contributed by atoms with Gasteiger partial charge in [0, 0.05) is 0 Å². The Morgan fingerprint density at radius 2 is 1.53 bits per heavy atom. The first-order chi connectivity index (χ1) is 8.40. The van der Waals surface area contributed by atoms with E-state index in [0.29, 0.717) is 0 Å². The summed E-state index contributed by atoms with van der Waals surface area (Å²) < 4.78 is 0. The molecule has 0 saturated heterocycles. The molecule has 17 heavy (non-hydrogen) atoms. The molecule has 0 heterocycles. The van der Waals surface area contributed by atoms with Crippen molar-refractivity contribution in [2.24, 2.45) is 17.8 Å². The quantitative estimate of drug-likeness (QED) is 0.676. The minimum Gasteiger partial charge on any atom is -0.316 e. The highest BCUT2D eigenvalue weighted by Crippen LogP contribution is 2.38. The smallest absolute Gasteiger partial charge is 0.00179 e. The summed E-state index contributed by atoms with van der Waals surface area (Å²) in [6.07, 6.45) is 14.9. The van der Waals surface area contributed by atoms with Crippen LogP contribution in [0.2, 0.25) is 0 Å². The largest absolute Gasteiger partial charge is 0.316 e. The van der Waals surface area contributed by atoms with E-state index in [0.717, 1.165) is 17.8 Å². The van der Waals surface area contributed by atoms with E-state index in [9.17, 15) is 0 Å². The zero-order valence-electron chi connectivity index (χ0n) is 11.7. The fraction of sp³-hybridized carbons (Fsp3) is 1.00. The molecule has 0 aliphatic heterocycles. The van der Waals surface area contributed by atoms with Crippen LogP contribution in [0.5, 0.6) is 0 Å². The van der Waals surface area contributed by atoms with Gasteiger partial charge in [0.15, 0.2) is 0 Å². The summed E-state index contributed by atoms with van der Waals surface area (Å²) in [6, 6.07) is 0. The average molecular weight is 237 g/mol. The first-order valence-corrected chi connectivity index (χ1v) is 8.11. The van der Waals surface area contributed by atoms with E-state index in [2.05, 4.69) is 12.2 Å². The van der Waals surface area contributed by atoms with Crippen LogP contribution in [-0.2, 0) is 0 Å². The Kier molecular flexibility index (Phi) is 5.84. The first kappa shape index (κ1) is 13.4. The maximum absolute atomic E-state index is 3.66. The van der Waals surface area contributed by atoms with Crippen LogP contribution < -0.4 is 5.32 Å². The lowest BCUT2D eigenvalue weighted by Crippen LogP contribution is -2.31. The van der Waals surface area contributed by atoms with Crippen molar-refractivity contribution in [3.63, 3.8) is 0 Å². The second kappa shape index (κ2) is 7.41. The van der Waals surface area contributed by atoms with Crippen LogP contribution in [0.3, 0.4) is 0 Å². The van der Waals surface area contributed by atoms with Crippen molar-refractivity contribution < 1.29 is 0 Å². The summed E-state index contributed by atoms with van der Waals surface area (Å²) in [4.78, 5) is 0. The summed E-state index contributed by atoms with van der Waals surface area (Å²) >= 11 is 0. The van der Waals surface area contributed by atoms with Crippen molar-refractivity contribution >= 4 is 0 Å². The predicted molar refractivity (Wildman–Crippen MR) is 75.2 cm³/mol. The Morgan fingerprint density at radius 1 is 0.882 bits per heavy atom. The second-order valence-corrected chi connectivity index (χ2v) is 6.39. The van der Waals surface area contributed by atoms with Crippen molar-refractivity contribution in [2.75, 3.05) is 13.1 Å². The van der Waals surface area contributed by atoms with Gasteiger partial charge < -0.3 is 5.32 Å². The van der Waals surface area contributed by atoms with Crippen molar-refractivity contribution in [3.8, 4) is 0 Å². The lowest BCUT2D eigenvalue weighted by Gasteiger charge is -2.33. The Morgan fingerprint density at radius 3 is 2.24 bits per heavy atom. The summed E-state index contributed by atoms with van der Waals surface area (Å²) in [5.74, 6) is 3.14. The van der Waals surface area contributed by atoms with Crippen LogP contribution in [0.4, 0.5) is 0 Å². The third-order valence-electron chi connectivity index (χ3n) is 5.01. The van der Waals surface area contributed by atoms with Gasteiger partial charge in [-0.15, -0.1) is 0 Å². The molecule has 1 N–H and O–H groups in total. The van der Waals surface area contributed by atoms with E-state index in [1.54, 1.807) is 6.42 Å². The molecule has 2 saturated carbocycles. The molecule has 2 aliphatic carbocycles.